The number of carboxylic acids is 1. The number of aliphatic carboxylic acids is 1. The average Bonchev–Trinajstić information content (AvgIpc) is 2.94. The molecule has 0 bridgehead atoms. The van der Waals surface area contributed by atoms with Crippen molar-refractivity contribution >= 4 is 32.9 Å². The van der Waals surface area contributed by atoms with Gasteiger partial charge in [-0.05, 0) is 30.2 Å². The van der Waals surface area contributed by atoms with Crippen molar-refractivity contribution in [1.82, 2.24) is 4.98 Å². The topological polar surface area (TPSA) is 63.3 Å². The lowest BCUT2D eigenvalue weighted by Crippen LogP contribution is -2.16. The van der Waals surface area contributed by atoms with Gasteiger partial charge in [-0.15, -0.1) is 0 Å². The maximum Gasteiger partial charge on any atom is 0.312 e. The van der Waals surface area contributed by atoms with E-state index in [0.29, 0.717) is 17.7 Å². The molecule has 1 N–H and O–H groups in total. The molecule has 3 aromatic rings. The van der Waals surface area contributed by atoms with Crippen LogP contribution in [0.2, 0.25) is 0 Å². The molecule has 21 heavy (non-hydrogen) atoms. The summed E-state index contributed by atoms with van der Waals surface area (Å²) in [5, 5.41) is 10.3. The molecule has 2 aromatic heterocycles. The van der Waals surface area contributed by atoms with Crippen molar-refractivity contribution in [2.45, 2.75) is 12.3 Å². The molecule has 0 saturated carbocycles. The minimum atomic E-state index is -0.896. The van der Waals surface area contributed by atoms with Crippen molar-refractivity contribution in [2.24, 2.45) is 0 Å². The summed E-state index contributed by atoms with van der Waals surface area (Å²) in [6, 6.07) is 11.1. The fraction of sp³-hybridized carbons (Fsp3) is 0.125. The second-order valence-electron chi connectivity index (χ2n) is 4.71. The van der Waals surface area contributed by atoms with Gasteiger partial charge in [0.05, 0.1) is 12.0 Å². The number of aromatic nitrogens is 1. The van der Waals surface area contributed by atoms with E-state index in [9.17, 15) is 9.90 Å². The van der Waals surface area contributed by atoms with Crippen LogP contribution in [0.5, 0.6) is 0 Å². The molecule has 0 aliphatic carbocycles. The summed E-state index contributed by atoms with van der Waals surface area (Å²) >= 11 is 3.46. The Morgan fingerprint density at radius 1 is 1.29 bits per heavy atom. The van der Waals surface area contributed by atoms with Gasteiger partial charge < -0.3 is 9.52 Å². The first-order valence-corrected chi connectivity index (χ1v) is 7.24. The highest BCUT2D eigenvalue weighted by atomic mass is 79.9. The van der Waals surface area contributed by atoms with E-state index >= 15 is 0 Å². The third-order valence-corrected chi connectivity index (χ3v) is 4.19. The van der Waals surface area contributed by atoms with E-state index in [0.717, 1.165) is 15.4 Å². The van der Waals surface area contributed by atoms with Crippen LogP contribution < -0.4 is 0 Å². The highest BCUT2D eigenvalue weighted by Crippen LogP contribution is 2.29. The van der Waals surface area contributed by atoms with Crippen LogP contribution in [0, 0.1) is 0 Å². The second kappa shape index (κ2) is 5.69. The lowest BCUT2D eigenvalue weighted by atomic mass is 9.94. The second-order valence-corrected chi connectivity index (χ2v) is 5.57. The third kappa shape index (κ3) is 2.69. The van der Waals surface area contributed by atoms with Gasteiger partial charge in [-0.2, -0.15) is 0 Å². The van der Waals surface area contributed by atoms with Gasteiger partial charge in [0.25, 0.3) is 0 Å². The van der Waals surface area contributed by atoms with E-state index in [2.05, 4.69) is 20.9 Å². The number of rotatable bonds is 4. The zero-order valence-electron chi connectivity index (χ0n) is 11.0. The summed E-state index contributed by atoms with van der Waals surface area (Å²) in [6.07, 6.45) is 3.50. The van der Waals surface area contributed by atoms with Gasteiger partial charge in [0.2, 0.25) is 0 Å². The summed E-state index contributed by atoms with van der Waals surface area (Å²) < 4.78 is 6.22. The molecule has 0 spiro atoms. The Hall–Kier alpha value is -2.14. The number of carboxylic acid groups (broad SMARTS) is 1. The molecule has 0 aliphatic heterocycles. The van der Waals surface area contributed by atoms with E-state index in [1.54, 1.807) is 24.6 Å². The molecule has 1 atom stereocenters. The first kappa shape index (κ1) is 13.8. The fourth-order valence-electron chi connectivity index (χ4n) is 2.38. The lowest BCUT2D eigenvalue weighted by molar-refractivity contribution is -0.138. The van der Waals surface area contributed by atoms with Crippen LogP contribution in [0.15, 0.2) is 57.7 Å². The Morgan fingerprint density at radius 3 is 2.86 bits per heavy atom. The third-order valence-electron chi connectivity index (χ3n) is 3.42. The lowest BCUT2D eigenvalue weighted by Gasteiger charge is -2.13. The minimum absolute atomic E-state index is 0.369. The Bertz CT molecular complexity index is 797. The summed E-state index contributed by atoms with van der Waals surface area (Å²) in [5.41, 5.74) is 2.12. The number of fused-ring (bicyclic) bond motifs is 1. The largest absolute Gasteiger partial charge is 0.481 e. The normalized spacial score (nSPS) is 12.4. The smallest absolute Gasteiger partial charge is 0.312 e. The fourth-order valence-corrected chi connectivity index (χ4v) is 2.83. The number of furan rings is 1. The Labute approximate surface area is 129 Å². The van der Waals surface area contributed by atoms with Crippen LogP contribution in [0.25, 0.3) is 11.0 Å². The molecule has 3 rings (SSSR count). The van der Waals surface area contributed by atoms with Gasteiger partial charge in [0.1, 0.15) is 11.5 Å². The minimum Gasteiger partial charge on any atom is -0.481 e. The van der Waals surface area contributed by atoms with Crippen molar-refractivity contribution in [3.8, 4) is 0 Å². The molecule has 2 heterocycles. The SMILES string of the molecule is O=C(O)C(Cc1ccccc1Br)c1nccc2occc12. The number of carbonyl (C=O) groups is 1. The number of halogens is 1. The van der Waals surface area contributed by atoms with Gasteiger partial charge in [0.15, 0.2) is 0 Å². The molecule has 1 aromatic carbocycles. The predicted octanol–water partition coefficient (Wildman–Crippen LogP) is 4.00. The number of nitrogens with zero attached hydrogens (tertiary/aromatic N) is 1. The maximum atomic E-state index is 11.7. The summed E-state index contributed by atoms with van der Waals surface area (Å²) in [7, 11) is 0. The van der Waals surface area contributed by atoms with E-state index in [1.165, 1.54) is 0 Å². The van der Waals surface area contributed by atoms with E-state index in [1.807, 2.05) is 24.3 Å². The van der Waals surface area contributed by atoms with Gasteiger partial charge in [0, 0.05) is 16.1 Å². The van der Waals surface area contributed by atoms with Crippen molar-refractivity contribution in [3.05, 3.63) is 64.6 Å². The summed E-state index contributed by atoms with van der Waals surface area (Å²) in [4.78, 5) is 16.0. The van der Waals surface area contributed by atoms with Gasteiger partial charge in [-0.25, -0.2) is 0 Å². The van der Waals surface area contributed by atoms with Crippen LogP contribution in [-0.2, 0) is 11.2 Å². The van der Waals surface area contributed by atoms with Crippen LogP contribution in [0.1, 0.15) is 17.2 Å². The molecule has 1 unspecified atom stereocenters. The first-order chi connectivity index (χ1) is 10.2. The van der Waals surface area contributed by atoms with E-state index in [4.69, 9.17) is 4.42 Å². The van der Waals surface area contributed by atoms with Gasteiger partial charge in [-0.3, -0.25) is 9.78 Å². The monoisotopic (exact) mass is 345 g/mol. The van der Waals surface area contributed by atoms with Crippen LogP contribution >= 0.6 is 15.9 Å². The van der Waals surface area contributed by atoms with Crippen molar-refractivity contribution in [3.63, 3.8) is 0 Å². The summed E-state index contributed by atoms with van der Waals surface area (Å²) in [6.45, 7) is 0. The molecule has 0 saturated heterocycles. The van der Waals surface area contributed by atoms with Crippen LogP contribution in [0.4, 0.5) is 0 Å². The number of hydrogen-bond acceptors (Lipinski definition) is 3. The standard InChI is InChI=1S/C16H12BrNO3/c17-13-4-2-1-3-10(13)9-12(16(19)20)15-11-6-8-21-14(11)5-7-18-15/h1-8,12H,9H2,(H,19,20). The van der Waals surface area contributed by atoms with E-state index < -0.39 is 11.9 Å². The van der Waals surface area contributed by atoms with Gasteiger partial charge in [-0.1, -0.05) is 34.1 Å². The summed E-state index contributed by atoms with van der Waals surface area (Å²) in [5.74, 6) is -1.61. The predicted molar refractivity (Wildman–Crippen MR) is 82.2 cm³/mol. The first-order valence-electron chi connectivity index (χ1n) is 6.45. The molecule has 0 aliphatic rings. The average molecular weight is 346 g/mol. The molecule has 5 heteroatoms. The maximum absolute atomic E-state index is 11.7. The zero-order valence-corrected chi connectivity index (χ0v) is 12.6. The van der Waals surface area contributed by atoms with Crippen LogP contribution in [-0.4, -0.2) is 16.1 Å². The molecular formula is C16H12BrNO3. The Balaban J connectivity index is 2.05. The number of hydrogen-bond donors (Lipinski definition) is 1. The Morgan fingerprint density at radius 2 is 2.10 bits per heavy atom. The van der Waals surface area contributed by atoms with Crippen LogP contribution in [0.3, 0.4) is 0 Å². The highest BCUT2D eigenvalue weighted by Gasteiger charge is 2.25. The molecule has 0 amide bonds. The van der Waals surface area contributed by atoms with Gasteiger partial charge >= 0.3 is 5.97 Å². The quantitative estimate of drug-likeness (QED) is 0.776. The highest BCUT2D eigenvalue weighted by molar-refractivity contribution is 9.10. The Kier molecular flexibility index (Phi) is 3.75. The number of benzene rings is 1. The molecular weight excluding hydrogens is 334 g/mol. The van der Waals surface area contributed by atoms with E-state index in [-0.39, 0.29) is 0 Å². The number of pyridine rings is 1. The molecule has 0 fully saturated rings. The molecule has 4 nitrogen and oxygen atoms in total. The molecule has 0 radical (unpaired) electrons. The van der Waals surface area contributed by atoms with Crippen molar-refractivity contribution in [2.75, 3.05) is 0 Å². The van der Waals surface area contributed by atoms with Crippen molar-refractivity contribution < 1.29 is 14.3 Å². The molecule has 106 valence electrons. The van der Waals surface area contributed by atoms with Crippen molar-refractivity contribution in [1.29, 1.82) is 0 Å². The zero-order chi connectivity index (χ0) is 14.8.